The first-order valence-electron chi connectivity index (χ1n) is 5.38. The summed E-state index contributed by atoms with van der Waals surface area (Å²) in [5, 5.41) is 23.1. The molecular formula is C12H13ClN2O3. The second-order valence-electron chi connectivity index (χ2n) is 4.29. The largest absolute Gasteiger partial charge is 0.507 e. The van der Waals surface area contributed by atoms with E-state index in [1.165, 1.54) is 6.07 Å². The summed E-state index contributed by atoms with van der Waals surface area (Å²) in [7, 11) is 0. The summed E-state index contributed by atoms with van der Waals surface area (Å²) in [4.78, 5) is 0. The molecule has 0 saturated heterocycles. The van der Waals surface area contributed by atoms with Gasteiger partial charge >= 0.3 is 0 Å². The summed E-state index contributed by atoms with van der Waals surface area (Å²) in [5.41, 5.74) is 7.20. The quantitative estimate of drug-likeness (QED) is 0.778. The number of phenols is 2. The van der Waals surface area contributed by atoms with Gasteiger partial charge in [0.1, 0.15) is 22.9 Å². The zero-order valence-electron chi connectivity index (χ0n) is 9.94. The summed E-state index contributed by atoms with van der Waals surface area (Å²) in [6.07, 6.45) is 0. The number of phenolic OH excluding ortho intramolecular Hbond substituents is 2. The van der Waals surface area contributed by atoms with E-state index >= 15 is 0 Å². The van der Waals surface area contributed by atoms with Crippen molar-refractivity contribution in [1.82, 2.24) is 5.16 Å². The van der Waals surface area contributed by atoms with Gasteiger partial charge < -0.3 is 20.5 Å². The molecule has 0 radical (unpaired) electrons. The van der Waals surface area contributed by atoms with Gasteiger partial charge in [-0.25, -0.2) is 0 Å². The zero-order chi connectivity index (χ0) is 13.4. The fraction of sp³-hybridized carbons (Fsp3) is 0.250. The molecule has 0 aliphatic carbocycles. The number of rotatable bonds is 2. The summed E-state index contributed by atoms with van der Waals surface area (Å²) < 4.78 is 5.14. The van der Waals surface area contributed by atoms with Gasteiger partial charge in [-0.15, -0.1) is 0 Å². The first-order chi connectivity index (χ1) is 8.41. The number of hydrogen-bond donors (Lipinski definition) is 3. The number of anilines is 1. The van der Waals surface area contributed by atoms with E-state index in [4.69, 9.17) is 21.9 Å². The molecular weight excluding hydrogens is 256 g/mol. The third kappa shape index (κ3) is 1.97. The van der Waals surface area contributed by atoms with Crippen LogP contribution in [0.4, 0.5) is 5.69 Å². The number of hydrogen-bond acceptors (Lipinski definition) is 5. The standard InChI is InChI=1S/C12H13ClN2O3/c1-5(2)11-10(14)12(18-15-11)6-3-7(13)9(17)4-8(6)16/h3-5,16-17H,14H2,1-2H3. The molecule has 0 unspecified atom stereocenters. The number of halogens is 1. The first kappa shape index (κ1) is 12.6. The van der Waals surface area contributed by atoms with E-state index in [-0.39, 0.29) is 28.2 Å². The summed E-state index contributed by atoms with van der Waals surface area (Å²) in [6, 6.07) is 2.52. The van der Waals surface area contributed by atoms with E-state index in [9.17, 15) is 10.2 Å². The van der Waals surface area contributed by atoms with Crippen LogP contribution >= 0.6 is 11.6 Å². The van der Waals surface area contributed by atoms with Gasteiger partial charge in [-0.1, -0.05) is 30.6 Å². The van der Waals surface area contributed by atoms with E-state index in [0.29, 0.717) is 16.9 Å². The van der Waals surface area contributed by atoms with Crippen molar-refractivity contribution < 1.29 is 14.7 Å². The molecule has 0 aliphatic rings. The van der Waals surface area contributed by atoms with Gasteiger partial charge in [-0.2, -0.15) is 0 Å². The molecule has 0 fully saturated rings. The second kappa shape index (κ2) is 4.42. The number of nitrogens with zero attached hydrogens (tertiary/aromatic N) is 1. The summed E-state index contributed by atoms with van der Waals surface area (Å²) in [6.45, 7) is 3.86. The minimum atomic E-state index is -0.208. The number of aromatic hydroxyl groups is 2. The molecule has 2 rings (SSSR count). The topological polar surface area (TPSA) is 92.5 Å². The third-order valence-corrected chi connectivity index (χ3v) is 2.92. The normalized spacial score (nSPS) is 11.1. The highest BCUT2D eigenvalue weighted by atomic mass is 35.5. The van der Waals surface area contributed by atoms with E-state index in [1.54, 1.807) is 0 Å². The fourth-order valence-corrected chi connectivity index (χ4v) is 1.82. The lowest BCUT2D eigenvalue weighted by molar-refractivity contribution is 0.414. The number of nitrogens with two attached hydrogens (primary N) is 1. The van der Waals surface area contributed by atoms with Crippen LogP contribution in [0.3, 0.4) is 0 Å². The molecule has 5 nitrogen and oxygen atoms in total. The zero-order valence-corrected chi connectivity index (χ0v) is 10.7. The maximum atomic E-state index is 9.78. The Balaban J connectivity index is 2.59. The van der Waals surface area contributed by atoms with Crippen LogP contribution in [0.2, 0.25) is 5.02 Å². The number of nitrogen functional groups attached to an aromatic ring is 1. The van der Waals surface area contributed by atoms with Crippen LogP contribution in [0.15, 0.2) is 16.7 Å². The number of aromatic nitrogens is 1. The highest BCUT2D eigenvalue weighted by molar-refractivity contribution is 6.32. The molecule has 2 aromatic rings. The Morgan fingerprint density at radius 1 is 1.28 bits per heavy atom. The number of benzene rings is 1. The first-order valence-corrected chi connectivity index (χ1v) is 5.76. The van der Waals surface area contributed by atoms with Gasteiger partial charge in [0.25, 0.3) is 0 Å². The molecule has 0 bridgehead atoms. The minimum Gasteiger partial charge on any atom is -0.507 e. The van der Waals surface area contributed by atoms with Gasteiger partial charge in [0, 0.05) is 12.0 Å². The van der Waals surface area contributed by atoms with Crippen molar-refractivity contribution in [2.75, 3.05) is 5.73 Å². The maximum Gasteiger partial charge on any atom is 0.193 e. The SMILES string of the molecule is CC(C)c1noc(-c2cc(Cl)c(O)cc2O)c1N. The highest BCUT2D eigenvalue weighted by Crippen LogP contribution is 2.41. The molecule has 0 atom stereocenters. The van der Waals surface area contributed by atoms with Crippen LogP contribution in [-0.4, -0.2) is 15.4 Å². The molecule has 0 amide bonds. The van der Waals surface area contributed by atoms with Gasteiger partial charge in [0.2, 0.25) is 0 Å². The lowest BCUT2D eigenvalue weighted by Gasteiger charge is -2.05. The maximum absolute atomic E-state index is 9.78. The molecule has 18 heavy (non-hydrogen) atoms. The molecule has 4 N–H and O–H groups in total. The lowest BCUT2D eigenvalue weighted by atomic mass is 10.1. The Morgan fingerprint density at radius 3 is 2.50 bits per heavy atom. The predicted octanol–water partition coefficient (Wildman–Crippen LogP) is 3.11. The van der Waals surface area contributed by atoms with Crippen molar-refractivity contribution >= 4 is 17.3 Å². The molecule has 1 aromatic carbocycles. The monoisotopic (exact) mass is 268 g/mol. The van der Waals surface area contributed by atoms with Crippen LogP contribution in [0.25, 0.3) is 11.3 Å². The van der Waals surface area contributed by atoms with Crippen LogP contribution in [-0.2, 0) is 0 Å². The van der Waals surface area contributed by atoms with Crippen LogP contribution < -0.4 is 5.73 Å². The van der Waals surface area contributed by atoms with E-state index < -0.39 is 0 Å². The van der Waals surface area contributed by atoms with Crippen molar-refractivity contribution in [2.24, 2.45) is 0 Å². The van der Waals surface area contributed by atoms with Crippen LogP contribution in [0, 0.1) is 0 Å². The summed E-state index contributed by atoms with van der Waals surface area (Å²) >= 11 is 5.79. The molecule has 0 saturated carbocycles. The Hall–Kier alpha value is -1.88. The Labute approximate surface area is 109 Å². The molecule has 1 heterocycles. The second-order valence-corrected chi connectivity index (χ2v) is 4.69. The van der Waals surface area contributed by atoms with E-state index in [2.05, 4.69) is 5.16 Å². The van der Waals surface area contributed by atoms with Crippen molar-refractivity contribution in [3.63, 3.8) is 0 Å². The molecule has 1 aromatic heterocycles. The van der Waals surface area contributed by atoms with Gasteiger partial charge in [0.15, 0.2) is 5.76 Å². The van der Waals surface area contributed by atoms with Crippen molar-refractivity contribution in [1.29, 1.82) is 0 Å². The van der Waals surface area contributed by atoms with Gasteiger partial charge in [-0.3, -0.25) is 0 Å². The predicted molar refractivity (Wildman–Crippen MR) is 68.8 cm³/mol. The van der Waals surface area contributed by atoms with Gasteiger partial charge in [-0.05, 0) is 6.07 Å². The lowest BCUT2D eigenvalue weighted by Crippen LogP contribution is -1.95. The van der Waals surface area contributed by atoms with Gasteiger partial charge in [0.05, 0.1) is 10.6 Å². The smallest absolute Gasteiger partial charge is 0.193 e. The van der Waals surface area contributed by atoms with E-state index in [0.717, 1.165) is 6.07 Å². The van der Waals surface area contributed by atoms with Crippen molar-refractivity contribution in [3.8, 4) is 22.8 Å². The summed E-state index contributed by atoms with van der Waals surface area (Å²) in [5.74, 6) is -0.0227. The van der Waals surface area contributed by atoms with Crippen molar-refractivity contribution in [3.05, 3.63) is 22.8 Å². The van der Waals surface area contributed by atoms with Crippen molar-refractivity contribution in [2.45, 2.75) is 19.8 Å². The van der Waals surface area contributed by atoms with E-state index in [1.807, 2.05) is 13.8 Å². The fourth-order valence-electron chi connectivity index (χ4n) is 1.65. The third-order valence-electron chi connectivity index (χ3n) is 2.61. The van der Waals surface area contributed by atoms with Crippen LogP contribution in [0.1, 0.15) is 25.5 Å². The average molecular weight is 269 g/mol. The molecule has 0 aliphatic heterocycles. The molecule has 0 spiro atoms. The Morgan fingerprint density at radius 2 is 1.94 bits per heavy atom. The van der Waals surface area contributed by atoms with Crippen LogP contribution in [0.5, 0.6) is 11.5 Å². The molecule has 96 valence electrons. The average Bonchev–Trinajstić information content (AvgIpc) is 2.66. The Kier molecular flexibility index (Phi) is 3.09. The Bertz CT molecular complexity index is 593. The highest BCUT2D eigenvalue weighted by Gasteiger charge is 2.20. The molecule has 6 heteroatoms. The minimum absolute atomic E-state index is 0.102.